The fourth-order valence-electron chi connectivity index (χ4n) is 2.28. The minimum Gasteiger partial charge on any atom is -0.497 e. The first kappa shape index (κ1) is 18.2. The first-order valence-electron chi connectivity index (χ1n) is 7.81. The summed E-state index contributed by atoms with van der Waals surface area (Å²) in [4.78, 5) is 0.294. The van der Waals surface area contributed by atoms with Gasteiger partial charge in [-0.05, 0) is 55.2 Å². The average molecular weight is 345 g/mol. The smallest absolute Gasteiger partial charge is 0.240 e. The molecule has 0 aliphatic heterocycles. The Labute approximate surface area is 144 Å². The third kappa shape index (κ3) is 4.94. The summed E-state index contributed by atoms with van der Waals surface area (Å²) in [5.74, 6) is 0.803. The molecule has 0 fully saturated rings. The molecule has 2 aromatic carbocycles. The van der Waals surface area contributed by atoms with Gasteiger partial charge in [-0.2, -0.15) is 0 Å². The lowest BCUT2D eigenvalue weighted by molar-refractivity contribution is 0.415. The first-order valence-corrected chi connectivity index (χ1v) is 9.29. The van der Waals surface area contributed by atoms with Gasteiger partial charge in [0, 0.05) is 6.54 Å². The standard InChI is InChI=1S/C19H23NO3S/c1-15-6-12-19(13-7-15)24(21,22)20-14-4-5-16(2)17-8-10-18(23-3)11-9-17/h6-13,20H,2,4-5,14H2,1,3H3. The van der Waals surface area contributed by atoms with Gasteiger partial charge in [-0.1, -0.05) is 36.4 Å². The summed E-state index contributed by atoms with van der Waals surface area (Å²) in [7, 11) is -1.82. The maximum atomic E-state index is 12.2. The van der Waals surface area contributed by atoms with Crippen molar-refractivity contribution >= 4 is 15.6 Å². The zero-order valence-corrected chi connectivity index (χ0v) is 14.9. The van der Waals surface area contributed by atoms with Crippen LogP contribution < -0.4 is 9.46 Å². The minimum absolute atomic E-state index is 0.294. The molecule has 5 heteroatoms. The first-order chi connectivity index (χ1) is 11.4. The summed E-state index contributed by atoms with van der Waals surface area (Å²) in [6.45, 7) is 6.37. The van der Waals surface area contributed by atoms with Crippen molar-refractivity contribution in [2.45, 2.75) is 24.7 Å². The van der Waals surface area contributed by atoms with E-state index in [2.05, 4.69) is 11.3 Å². The quantitative estimate of drug-likeness (QED) is 0.741. The van der Waals surface area contributed by atoms with Gasteiger partial charge in [0.05, 0.1) is 12.0 Å². The van der Waals surface area contributed by atoms with Gasteiger partial charge in [0.15, 0.2) is 0 Å². The van der Waals surface area contributed by atoms with Gasteiger partial charge in [-0.15, -0.1) is 0 Å². The lowest BCUT2D eigenvalue weighted by atomic mass is 10.0. The molecule has 0 aliphatic rings. The molecule has 2 aromatic rings. The summed E-state index contributed by atoms with van der Waals surface area (Å²) in [5, 5.41) is 0. The second kappa shape index (κ2) is 8.13. The van der Waals surface area contributed by atoms with Gasteiger partial charge >= 0.3 is 0 Å². The fraction of sp³-hybridized carbons (Fsp3) is 0.263. The monoisotopic (exact) mass is 345 g/mol. The number of ether oxygens (including phenoxy) is 1. The summed E-state index contributed by atoms with van der Waals surface area (Å²) >= 11 is 0. The van der Waals surface area contributed by atoms with E-state index in [1.54, 1.807) is 31.4 Å². The second-order valence-electron chi connectivity index (χ2n) is 5.65. The average Bonchev–Trinajstić information content (AvgIpc) is 2.59. The van der Waals surface area contributed by atoms with Gasteiger partial charge in [0.25, 0.3) is 0 Å². The molecular weight excluding hydrogens is 322 g/mol. The van der Waals surface area contributed by atoms with Crippen LogP contribution in [0.5, 0.6) is 5.75 Å². The van der Waals surface area contributed by atoms with E-state index in [-0.39, 0.29) is 0 Å². The molecule has 0 amide bonds. The van der Waals surface area contributed by atoms with Crippen LogP contribution in [0.25, 0.3) is 5.57 Å². The van der Waals surface area contributed by atoms with E-state index >= 15 is 0 Å². The molecule has 0 saturated carbocycles. The highest BCUT2D eigenvalue weighted by Gasteiger charge is 2.12. The van der Waals surface area contributed by atoms with Crippen LogP contribution in [0.15, 0.2) is 60.0 Å². The Balaban J connectivity index is 1.83. The Morgan fingerprint density at radius 3 is 2.29 bits per heavy atom. The molecule has 0 spiro atoms. The van der Waals surface area contributed by atoms with Crippen LogP contribution >= 0.6 is 0 Å². The van der Waals surface area contributed by atoms with Crippen LogP contribution in [-0.2, 0) is 10.0 Å². The Morgan fingerprint density at radius 1 is 1.08 bits per heavy atom. The number of rotatable bonds is 8. The van der Waals surface area contributed by atoms with Gasteiger partial charge in [0.1, 0.15) is 5.75 Å². The van der Waals surface area contributed by atoms with Crippen molar-refractivity contribution < 1.29 is 13.2 Å². The second-order valence-corrected chi connectivity index (χ2v) is 7.41. The van der Waals surface area contributed by atoms with E-state index in [0.29, 0.717) is 17.9 Å². The predicted molar refractivity (Wildman–Crippen MR) is 97.6 cm³/mol. The van der Waals surface area contributed by atoms with Gasteiger partial charge in [-0.3, -0.25) is 0 Å². The summed E-state index contributed by atoms with van der Waals surface area (Å²) < 4.78 is 32.1. The minimum atomic E-state index is -3.44. The van der Waals surface area contributed by atoms with Gasteiger partial charge < -0.3 is 4.74 Å². The molecule has 0 heterocycles. The van der Waals surface area contributed by atoms with Crippen LogP contribution in [0.1, 0.15) is 24.0 Å². The molecule has 0 atom stereocenters. The Morgan fingerprint density at radius 2 is 1.71 bits per heavy atom. The molecule has 1 N–H and O–H groups in total. The van der Waals surface area contributed by atoms with Crippen molar-refractivity contribution in [3.05, 3.63) is 66.2 Å². The topological polar surface area (TPSA) is 55.4 Å². The maximum absolute atomic E-state index is 12.2. The molecule has 0 bridgehead atoms. The largest absolute Gasteiger partial charge is 0.497 e. The van der Waals surface area contributed by atoms with Crippen LogP contribution in [-0.4, -0.2) is 22.1 Å². The third-order valence-corrected chi connectivity index (χ3v) is 5.25. The van der Waals surface area contributed by atoms with E-state index in [1.165, 1.54) is 0 Å². The number of nitrogens with one attached hydrogen (secondary N) is 1. The van der Waals surface area contributed by atoms with E-state index in [0.717, 1.165) is 28.9 Å². The molecule has 0 radical (unpaired) electrons. The molecule has 0 saturated heterocycles. The van der Waals surface area contributed by atoms with Crippen molar-refractivity contribution in [1.82, 2.24) is 4.72 Å². The SMILES string of the molecule is C=C(CCCNS(=O)(=O)c1ccc(C)cc1)c1ccc(OC)cc1. The summed E-state index contributed by atoms with van der Waals surface area (Å²) in [6.07, 6.45) is 1.42. The Hall–Kier alpha value is -2.11. The zero-order chi connectivity index (χ0) is 17.6. The molecule has 0 unspecified atom stereocenters. The molecule has 0 aliphatic carbocycles. The molecule has 4 nitrogen and oxygen atoms in total. The summed E-state index contributed by atoms with van der Waals surface area (Å²) in [5.41, 5.74) is 3.05. The van der Waals surface area contributed by atoms with Crippen molar-refractivity contribution in [1.29, 1.82) is 0 Å². The number of methoxy groups -OCH3 is 1. The normalized spacial score (nSPS) is 11.2. The van der Waals surface area contributed by atoms with Gasteiger partial charge in [0.2, 0.25) is 10.0 Å². The molecule has 2 rings (SSSR count). The summed E-state index contributed by atoms with van der Waals surface area (Å²) in [6, 6.07) is 14.5. The lowest BCUT2D eigenvalue weighted by Gasteiger charge is -2.09. The van der Waals surface area contributed by atoms with Crippen molar-refractivity contribution in [2.24, 2.45) is 0 Å². The van der Waals surface area contributed by atoms with Gasteiger partial charge in [-0.25, -0.2) is 13.1 Å². The maximum Gasteiger partial charge on any atom is 0.240 e. The van der Waals surface area contributed by atoms with Crippen LogP contribution in [0.2, 0.25) is 0 Å². The number of allylic oxidation sites excluding steroid dienone is 1. The molecule has 128 valence electrons. The highest BCUT2D eigenvalue weighted by Crippen LogP contribution is 2.20. The van der Waals surface area contributed by atoms with Crippen molar-refractivity contribution in [3.8, 4) is 5.75 Å². The Kier molecular flexibility index (Phi) is 6.17. The van der Waals surface area contributed by atoms with E-state index < -0.39 is 10.0 Å². The number of sulfonamides is 1. The number of hydrogen-bond acceptors (Lipinski definition) is 3. The molecular formula is C19H23NO3S. The molecule has 24 heavy (non-hydrogen) atoms. The highest BCUT2D eigenvalue weighted by molar-refractivity contribution is 7.89. The Bertz CT molecular complexity index is 778. The van der Waals surface area contributed by atoms with Crippen LogP contribution in [0, 0.1) is 6.92 Å². The van der Waals surface area contributed by atoms with Crippen molar-refractivity contribution in [3.63, 3.8) is 0 Å². The fourth-order valence-corrected chi connectivity index (χ4v) is 3.35. The highest BCUT2D eigenvalue weighted by atomic mass is 32.2. The van der Waals surface area contributed by atoms with E-state index in [1.807, 2.05) is 31.2 Å². The lowest BCUT2D eigenvalue weighted by Crippen LogP contribution is -2.24. The third-order valence-electron chi connectivity index (χ3n) is 3.78. The van der Waals surface area contributed by atoms with Crippen molar-refractivity contribution in [2.75, 3.05) is 13.7 Å². The number of hydrogen-bond donors (Lipinski definition) is 1. The number of benzene rings is 2. The number of aryl methyl sites for hydroxylation is 1. The van der Waals surface area contributed by atoms with Crippen LogP contribution in [0.3, 0.4) is 0 Å². The predicted octanol–water partition coefficient (Wildman–Crippen LogP) is 3.78. The molecule has 0 aromatic heterocycles. The zero-order valence-electron chi connectivity index (χ0n) is 14.1. The van der Waals surface area contributed by atoms with E-state index in [4.69, 9.17) is 4.74 Å². The van der Waals surface area contributed by atoms with E-state index in [9.17, 15) is 8.42 Å². The van der Waals surface area contributed by atoms with Crippen LogP contribution in [0.4, 0.5) is 0 Å².